The third-order valence-corrected chi connectivity index (χ3v) is 2.66. The predicted octanol–water partition coefficient (Wildman–Crippen LogP) is -0.163. The number of hydrogen-bond acceptors (Lipinski definition) is 4. The molecule has 0 aromatic carbocycles. The molecule has 88 valence electrons. The molecule has 1 aromatic rings. The van der Waals surface area contributed by atoms with Gasteiger partial charge in [-0.1, -0.05) is 0 Å². The van der Waals surface area contributed by atoms with Gasteiger partial charge in [-0.25, -0.2) is 9.67 Å². The standard InChI is InChI=1S/C10H17N5O/c1-7(2)15-9(13-6-14-15)5-11-8-3-10(16)12-4-8/h6-8,11H,3-5H2,1-2H3,(H,12,16). The van der Waals surface area contributed by atoms with Gasteiger partial charge in [-0.05, 0) is 13.8 Å². The highest BCUT2D eigenvalue weighted by atomic mass is 16.1. The van der Waals surface area contributed by atoms with Gasteiger partial charge in [0.1, 0.15) is 12.2 Å². The Morgan fingerprint density at radius 2 is 2.50 bits per heavy atom. The van der Waals surface area contributed by atoms with Crippen LogP contribution in [0.3, 0.4) is 0 Å². The molecule has 1 atom stereocenters. The molecule has 0 spiro atoms. The lowest BCUT2D eigenvalue weighted by atomic mass is 10.2. The Morgan fingerprint density at radius 1 is 1.69 bits per heavy atom. The van der Waals surface area contributed by atoms with E-state index in [0.717, 1.165) is 5.82 Å². The topological polar surface area (TPSA) is 71.8 Å². The maximum absolute atomic E-state index is 11.0. The molecule has 6 heteroatoms. The van der Waals surface area contributed by atoms with Crippen LogP contribution in [-0.4, -0.2) is 33.3 Å². The first-order valence-electron chi connectivity index (χ1n) is 5.55. The first-order valence-corrected chi connectivity index (χ1v) is 5.55. The first kappa shape index (κ1) is 11.1. The van der Waals surface area contributed by atoms with Crippen LogP contribution in [0, 0.1) is 0 Å². The second kappa shape index (κ2) is 4.61. The SMILES string of the molecule is CC(C)n1ncnc1CNC1CNC(=O)C1. The molecule has 1 unspecified atom stereocenters. The van der Waals surface area contributed by atoms with Gasteiger partial charge in [-0.15, -0.1) is 0 Å². The van der Waals surface area contributed by atoms with Crippen LogP contribution in [0.4, 0.5) is 0 Å². The van der Waals surface area contributed by atoms with E-state index in [1.54, 1.807) is 6.33 Å². The van der Waals surface area contributed by atoms with Crippen molar-refractivity contribution in [3.8, 4) is 0 Å². The summed E-state index contributed by atoms with van der Waals surface area (Å²) in [6.45, 7) is 5.49. The smallest absolute Gasteiger partial charge is 0.221 e. The van der Waals surface area contributed by atoms with Crippen LogP contribution in [-0.2, 0) is 11.3 Å². The number of carbonyl (C=O) groups is 1. The molecule has 0 bridgehead atoms. The van der Waals surface area contributed by atoms with Crippen molar-refractivity contribution in [1.82, 2.24) is 25.4 Å². The maximum Gasteiger partial charge on any atom is 0.221 e. The first-order chi connectivity index (χ1) is 7.66. The van der Waals surface area contributed by atoms with E-state index in [1.165, 1.54) is 0 Å². The molecule has 1 aliphatic heterocycles. The molecule has 6 nitrogen and oxygen atoms in total. The van der Waals surface area contributed by atoms with Gasteiger partial charge < -0.3 is 10.6 Å². The van der Waals surface area contributed by atoms with E-state index in [9.17, 15) is 4.79 Å². The molecule has 1 aliphatic rings. The average molecular weight is 223 g/mol. The molecular formula is C10H17N5O. The van der Waals surface area contributed by atoms with Crippen molar-refractivity contribution in [3.05, 3.63) is 12.2 Å². The summed E-state index contributed by atoms with van der Waals surface area (Å²) in [5.41, 5.74) is 0. The summed E-state index contributed by atoms with van der Waals surface area (Å²) in [5, 5.41) is 10.3. The van der Waals surface area contributed by atoms with Gasteiger partial charge in [0.05, 0.1) is 6.54 Å². The fourth-order valence-corrected chi connectivity index (χ4v) is 1.82. The second-order valence-corrected chi connectivity index (χ2v) is 4.30. The van der Waals surface area contributed by atoms with E-state index < -0.39 is 0 Å². The van der Waals surface area contributed by atoms with Crippen LogP contribution in [0.2, 0.25) is 0 Å². The minimum absolute atomic E-state index is 0.114. The number of nitrogens with zero attached hydrogens (tertiary/aromatic N) is 3. The van der Waals surface area contributed by atoms with Crippen LogP contribution >= 0.6 is 0 Å². The average Bonchev–Trinajstić information content (AvgIpc) is 2.83. The summed E-state index contributed by atoms with van der Waals surface area (Å²) < 4.78 is 1.89. The molecule has 2 N–H and O–H groups in total. The summed E-state index contributed by atoms with van der Waals surface area (Å²) in [7, 11) is 0. The lowest BCUT2D eigenvalue weighted by Crippen LogP contribution is -2.31. The molecular weight excluding hydrogens is 206 g/mol. The van der Waals surface area contributed by atoms with E-state index >= 15 is 0 Å². The van der Waals surface area contributed by atoms with E-state index in [0.29, 0.717) is 25.6 Å². The second-order valence-electron chi connectivity index (χ2n) is 4.30. The molecule has 1 fully saturated rings. The van der Waals surface area contributed by atoms with Crippen molar-refractivity contribution in [2.75, 3.05) is 6.54 Å². The fraction of sp³-hybridized carbons (Fsp3) is 0.700. The zero-order chi connectivity index (χ0) is 11.5. The molecule has 2 heterocycles. The van der Waals surface area contributed by atoms with E-state index in [2.05, 4.69) is 34.6 Å². The predicted molar refractivity (Wildman–Crippen MR) is 58.7 cm³/mol. The van der Waals surface area contributed by atoms with E-state index in [4.69, 9.17) is 0 Å². The lowest BCUT2D eigenvalue weighted by Gasteiger charge is -2.12. The number of aromatic nitrogens is 3. The third kappa shape index (κ3) is 2.38. The molecule has 0 radical (unpaired) electrons. The maximum atomic E-state index is 11.0. The fourth-order valence-electron chi connectivity index (χ4n) is 1.82. The number of amides is 1. The molecule has 1 amide bonds. The Morgan fingerprint density at radius 3 is 3.12 bits per heavy atom. The third-order valence-electron chi connectivity index (χ3n) is 2.66. The van der Waals surface area contributed by atoms with E-state index in [1.807, 2.05) is 4.68 Å². The Balaban J connectivity index is 1.89. The number of carbonyl (C=O) groups excluding carboxylic acids is 1. The van der Waals surface area contributed by atoms with Crippen molar-refractivity contribution in [2.45, 2.75) is 38.9 Å². The van der Waals surface area contributed by atoms with Crippen LogP contribution in [0.5, 0.6) is 0 Å². The summed E-state index contributed by atoms with van der Waals surface area (Å²) in [6, 6.07) is 0.521. The van der Waals surface area contributed by atoms with Crippen molar-refractivity contribution in [3.63, 3.8) is 0 Å². The Labute approximate surface area is 94.4 Å². The van der Waals surface area contributed by atoms with Crippen LogP contribution in [0.15, 0.2) is 6.33 Å². The molecule has 1 saturated heterocycles. The highest BCUT2D eigenvalue weighted by Crippen LogP contribution is 2.06. The lowest BCUT2D eigenvalue weighted by molar-refractivity contribution is -0.119. The van der Waals surface area contributed by atoms with Gasteiger partial charge in [-0.2, -0.15) is 5.10 Å². The van der Waals surface area contributed by atoms with Gasteiger partial charge in [0.15, 0.2) is 0 Å². The summed E-state index contributed by atoms with van der Waals surface area (Å²) in [6.07, 6.45) is 2.12. The Bertz CT molecular complexity index is 373. The van der Waals surface area contributed by atoms with Gasteiger partial charge >= 0.3 is 0 Å². The van der Waals surface area contributed by atoms with Crippen molar-refractivity contribution < 1.29 is 4.79 Å². The van der Waals surface area contributed by atoms with Crippen molar-refractivity contribution in [2.24, 2.45) is 0 Å². The number of nitrogens with one attached hydrogen (secondary N) is 2. The van der Waals surface area contributed by atoms with Gasteiger partial charge in [0.2, 0.25) is 5.91 Å². The quantitative estimate of drug-likeness (QED) is 0.744. The summed E-state index contributed by atoms with van der Waals surface area (Å²) in [5.74, 6) is 1.03. The Hall–Kier alpha value is -1.43. The Kier molecular flexibility index (Phi) is 3.19. The summed E-state index contributed by atoms with van der Waals surface area (Å²) >= 11 is 0. The van der Waals surface area contributed by atoms with Crippen LogP contribution in [0.25, 0.3) is 0 Å². The van der Waals surface area contributed by atoms with Crippen LogP contribution < -0.4 is 10.6 Å². The number of rotatable bonds is 4. The van der Waals surface area contributed by atoms with Gasteiger partial charge in [0.25, 0.3) is 0 Å². The van der Waals surface area contributed by atoms with Crippen molar-refractivity contribution >= 4 is 5.91 Å². The minimum Gasteiger partial charge on any atom is -0.354 e. The molecule has 0 aliphatic carbocycles. The highest BCUT2D eigenvalue weighted by molar-refractivity contribution is 5.78. The van der Waals surface area contributed by atoms with Gasteiger partial charge in [0, 0.05) is 25.0 Å². The minimum atomic E-state index is 0.114. The largest absolute Gasteiger partial charge is 0.354 e. The van der Waals surface area contributed by atoms with Crippen LogP contribution in [0.1, 0.15) is 32.1 Å². The molecule has 0 saturated carbocycles. The zero-order valence-electron chi connectivity index (χ0n) is 9.60. The van der Waals surface area contributed by atoms with E-state index in [-0.39, 0.29) is 11.9 Å². The highest BCUT2D eigenvalue weighted by Gasteiger charge is 2.21. The van der Waals surface area contributed by atoms with Crippen molar-refractivity contribution in [1.29, 1.82) is 0 Å². The molecule has 1 aromatic heterocycles. The monoisotopic (exact) mass is 223 g/mol. The zero-order valence-corrected chi connectivity index (χ0v) is 9.60. The summed E-state index contributed by atoms with van der Waals surface area (Å²) in [4.78, 5) is 15.2. The molecule has 16 heavy (non-hydrogen) atoms. The molecule has 2 rings (SSSR count). The van der Waals surface area contributed by atoms with Gasteiger partial charge in [-0.3, -0.25) is 4.79 Å². The normalized spacial score (nSPS) is 20.4. The number of hydrogen-bond donors (Lipinski definition) is 2.